The SMILES string of the molecule is CCCCCc1nc(CC(=O)N[C@H](C(=O)NC)C(C)(C)C)c2n1CCCN(C)C2. The van der Waals surface area contributed by atoms with E-state index in [-0.39, 0.29) is 23.7 Å². The molecule has 1 aliphatic rings. The lowest BCUT2D eigenvalue weighted by Crippen LogP contribution is -2.53. The molecule has 7 nitrogen and oxygen atoms in total. The van der Waals surface area contributed by atoms with Crippen LogP contribution in [0.15, 0.2) is 0 Å². The largest absolute Gasteiger partial charge is 0.357 e. The van der Waals surface area contributed by atoms with Crippen molar-refractivity contribution in [3.8, 4) is 0 Å². The van der Waals surface area contributed by atoms with E-state index in [1.54, 1.807) is 7.05 Å². The van der Waals surface area contributed by atoms with Crippen LogP contribution in [0, 0.1) is 5.41 Å². The standard InChI is InChI=1S/C22H39N5O2/c1-7-8-9-11-18-24-16(17-15-26(6)12-10-13-27(17)18)14-19(28)25-20(21(29)23-5)22(2,3)4/h20H,7-15H2,1-6H3,(H,23,29)(H,25,28)/t20-/m1/s1. The first-order chi connectivity index (χ1) is 13.7. The number of nitrogens with one attached hydrogen (secondary N) is 2. The molecule has 0 bridgehead atoms. The summed E-state index contributed by atoms with van der Waals surface area (Å²) in [5.41, 5.74) is 1.64. The van der Waals surface area contributed by atoms with Crippen molar-refractivity contribution in [2.24, 2.45) is 5.41 Å². The van der Waals surface area contributed by atoms with Crippen molar-refractivity contribution < 1.29 is 9.59 Å². The first-order valence-electron chi connectivity index (χ1n) is 10.9. The first kappa shape index (κ1) is 23.4. The summed E-state index contributed by atoms with van der Waals surface area (Å²) in [6.45, 7) is 10.9. The minimum Gasteiger partial charge on any atom is -0.357 e. The Hall–Kier alpha value is -1.89. The number of rotatable bonds is 8. The van der Waals surface area contributed by atoms with Crippen molar-refractivity contribution in [2.75, 3.05) is 20.6 Å². The van der Waals surface area contributed by atoms with Gasteiger partial charge in [-0.15, -0.1) is 0 Å². The summed E-state index contributed by atoms with van der Waals surface area (Å²) >= 11 is 0. The topological polar surface area (TPSA) is 79.3 Å². The maximum Gasteiger partial charge on any atom is 0.242 e. The molecule has 1 atom stereocenters. The molecule has 0 aromatic carbocycles. The van der Waals surface area contributed by atoms with Crippen LogP contribution in [0.2, 0.25) is 0 Å². The summed E-state index contributed by atoms with van der Waals surface area (Å²) in [5, 5.41) is 5.60. The average molecular weight is 406 g/mol. The van der Waals surface area contributed by atoms with Gasteiger partial charge >= 0.3 is 0 Å². The Morgan fingerprint density at radius 3 is 2.55 bits per heavy atom. The van der Waals surface area contributed by atoms with Gasteiger partial charge in [0.2, 0.25) is 11.8 Å². The maximum absolute atomic E-state index is 12.9. The second kappa shape index (κ2) is 10.2. The Kier molecular flexibility index (Phi) is 8.25. The van der Waals surface area contributed by atoms with Crippen LogP contribution < -0.4 is 10.6 Å². The molecule has 2 amide bonds. The molecule has 0 spiro atoms. The number of carbonyl (C=O) groups excluding carboxylic acids is 2. The van der Waals surface area contributed by atoms with Crippen LogP contribution in [0.3, 0.4) is 0 Å². The highest BCUT2D eigenvalue weighted by atomic mass is 16.2. The number of imidazole rings is 1. The van der Waals surface area contributed by atoms with Gasteiger partial charge in [-0.2, -0.15) is 0 Å². The van der Waals surface area contributed by atoms with Crippen molar-refractivity contribution in [3.05, 3.63) is 17.2 Å². The number of fused-ring (bicyclic) bond motifs is 1. The highest BCUT2D eigenvalue weighted by Gasteiger charge is 2.32. The lowest BCUT2D eigenvalue weighted by Gasteiger charge is -2.29. The van der Waals surface area contributed by atoms with Gasteiger partial charge in [-0.25, -0.2) is 4.98 Å². The molecule has 29 heavy (non-hydrogen) atoms. The van der Waals surface area contributed by atoms with Gasteiger partial charge < -0.3 is 20.1 Å². The fourth-order valence-corrected chi connectivity index (χ4v) is 3.92. The number of carbonyl (C=O) groups is 2. The third kappa shape index (κ3) is 6.29. The molecule has 0 radical (unpaired) electrons. The zero-order valence-electron chi connectivity index (χ0n) is 19.1. The van der Waals surface area contributed by atoms with Crippen LogP contribution in [-0.4, -0.2) is 52.9 Å². The number of aromatic nitrogens is 2. The highest BCUT2D eigenvalue weighted by Crippen LogP contribution is 2.22. The summed E-state index contributed by atoms with van der Waals surface area (Å²) in [5.74, 6) is 0.779. The Bertz CT molecular complexity index is 705. The van der Waals surface area contributed by atoms with Crippen LogP contribution >= 0.6 is 0 Å². The molecule has 7 heteroatoms. The summed E-state index contributed by atoms with van der Waals surface area (Å²) in [4.78, 5) is 32.3. The summed E-state index contributed by atoms with van der Waals surface area (Å²) < 4.78 is 2.34. The van der Waals surface area contributed by atoms with E-state index >= 15 is 0 Å². The van der Waals surface area contributed by atoms with Crippen LogP contribution in [0.25, 0.3) is 0 Å². The summed E-state index contributed by atoms with van der Waals surface area (Å²) in [7, 11) is 3.71. The van der Waals surface area contributed by atoms with Crippen molar-refractivity contribution in [3.63, 3.8) is 0 Å². The van der Waals surface area contributed by atoms with E-state index < -0.39 is 6.04 Å². The molecule has 0 saturated heterocycles. The van der Waals surface area contributed by atoms with E-state index in [9.17, 15) is 9.59 Å². The molecule has 0 saturated carbocycles. The van der Waals surface area contributed by atoms with Gasteiger partial charge in [0.1, 0.15) is 11.9 Å². The molecular weight excluding hydrogens is 366 g/mol. The molecule has 0 unspecified atom stereocenters. The van der Waals surface area contributed by atoms with Gasteiger partial charge in [0.15, 0.2) is 0 Å². The molecule has 2 heterocycles. The number of hydrogen-bond acceptors (Lipinski definition) is 4. The van der Waals surface area contributed by atoms with Crippen LogP contribution in [0.1, 0.15) is 70.6 Å². The minimum atomic E-state index is -0.576. The fraction of sp³-hybridized carbons (Fsp3) is 0.773. The molecule has 164 valence electrons. The monoisotopic (exact) mass is 405 g/mol. The molecule has 0 fully saturated rings. The van der Waals surface area contributed by atoms with Gasteiger partial charge in [0.25, 0.3) is 0 Å². The number of likely N-dealkylation sites (N-methyl/N-ethyl adjacent to an activating group) is 1. The van der Waals surface area contributed by atoms with Crippen molar-refractivity contribution in [2.45, 2.75) is 85.4 Å². The van der Waals surface area contributed by atoms with Crippen LogP contribution in [-0.2, 0) is 35.5 Å². The molecule has 1 aromatic heterocycles. The second-order valence-electron chi connectivity index (χ2n) is 9.28. The Balaban J connectivity index is 2.22. The normalized spacial score (nSPS) is 16.1. The lowest BCUT2D eigenvalue weighted by molar-refractivity contribution is -0.131. The molecule has 1 aromatic rings. The smallest absolute Gasteiger partial charge is 0.242 e. The average Bonchev–Trinajstić information content (AvgIpc) is 2.82. The second-order valence-corrected chi connectivity index (χ2v) is 9.28. The highest BCUT2D eigenvalue weighted by molar-refractivity contribution is 5.88. The van der Waals surface area contributed by atoms with Gasteiger partial charge in [-0.1, -0.05) is 40.5 Å². The van der Waals surface area contributed by atoms with E-state index in [0.717, 1.165) is 56.1 Å². The molecule has 2 rings (SSSR count). The maximum atomic E-state index is 12.9. The minimum absolute atomic E-state index is 0.151. The van der Waals surface area contributed by atoms with E-state index in [1.165, 1.54) is 12.8 Å². The number of aryl methyl sites for hydroxylation is 1. The predicted molar refractivity (Wildman–Crippen MR) is 116 cm³/mol. The third-order valence-electron chi connectivity index (χ3n) is 5.59. The van der Waals surface area contributed by atoms with Crippen LogP contribution in [0.5, 0.6) is 0 Å². The van der Waals surface area contributed by atoms with Crippen molar-refractivity contribution in [1.82, 2.24) is 25.1 Å². The molecule has 0 aliphatic carbocycles. The molecule has 1 aliphatic heterocycles. The Morgan fingerprint density at radius 2 is 1.93 bits per heavy atom. The zero-order chi connectivity index (χ0) is 21.6. The van der Waals surface area contributed by atoms with Gasteiger partial charge in [0.05, 0.1) is 17.8 Å². The number of nitrogens with zero attached hydrogens (tertiary/aromatic N) is 3. The van der Waals surface area contributed by atoms with Crippen molar-refractivity contribution in [1.29, 1.82) is 0 Å². The summed E-state index contributed by atoms with van der Waals surface area (Å²) in [6, 6.07) is -0.576. The van der Waals surface area contributed by atoms with Crippen LogP contribution in [0.4, 0.5) is 0 Å². The summed E-state index contributed by atoms with van der Waals surface area (Å²) in [6.07, 6.45) is 5.75. The van der Waals surface area contributed by atoms with Gasteiger partial charge in [0, 0.05) is 26.6 Å². The fourth-order valence-electron chi connectivity index (χ4n) is 3.92. The number of amides is 2. The van der Waals surface area contributed by atoms with E-state index in [4.69, 9.17) is 4.98 Å². The zero-order valence-corrected chi connectivity index (χ0v) is 19.1. The Labute approximate surface area is 175 Å². The van der Waals surface area contributed by atoms with Crippen molar-refractivity contribution >= 4 is 11.8 Å². The quantitative estimate of drug-likeness (QED) is 0.650. The number of unbranched alkanes of at least 4 members (excludes halogenated alkanes) is 2. The van der Waals surface area contributed by atoms with E-state index in [1.807, 2.05) is 20.8 Å². The van der Waals surface area contributed by atoms with E-state index in [2.05, 4.69) is 34.1 Å². The Morgan fingerprint density at radius 1 is 1.21 bits per heavy atom. The first-order valence-corrected chi connectivity index (χ1v) is 10.9. The molecular formula is C22H39N5O2. The predicted octanol–water partition coefficient (Wildman–Crippen LogP) is 2.27. The molecule has 2 N–H and O–H groups in total. The van der Waals surface area contributed by atoms with E-state index in [0.29, 0.717) is 0 Å². The van der Waals surface area contributed by atoms with Gasteiger partial charge in [-0.3, -0.25) is 9.59 Å². The number of hydrogen-bond donors (Lipinski definition) is 2. The van der Waals surface area contributed by atoms with Gasteiger partial charge in [-0.05, 0) is 31.8 Å². The third-order valence-corrected chi connectivity index (χ3v) is 5.59. The lowest BCUT2D eigenvalue weighted by atomic mass is 9.86.